The van der Waals surface area contributed by atoms with Gasteiger partial charge in [0.1, 0.15) is 34.2 Å². The van der Waals surface area contributed by atoms with E-state index in [9.17, 15) is 14.7 Å². The number of ketones is 1. The van der Waals surface area contributed by atoms with Crippen LogP contribution in [0.2, 0.25) is 0 Å². The Hall–Kier alpha value is -3.78. The molecule has 0 bridgehead atoms. The fourth-order valence-electron chi connectivity index (χ4n) is 4.62. The van der Waals surface area contributed by atoms with Crippen LogP contribution in [0.3, 0.4) is 0 Å². The van der Waals surface area contributed by atoms with Crippen LogP contribution in [0.5, 0.6) is 23.0 Å². The van der Waals surface area contributed by atoms with Gasteiger partial charge in [-0.1, -0.05) is 38.0 Å². The summed E-state index contributed by atoms with van der Waals surface area (Å²) < 4.78 is 17.8. The van der Waals surface area contributed by atoms with Gasteiger partial charge in [-0.3, -0.25) is 9.59 Å². The highest BCUT2D eigenvalue weighted by Gasteiger charge is 2.28. The molecule has 41 heavy (non-hydrogen) atoms. The Morgan fingerprint density at radius 3 is 2.54 bits per heavy atom. The molecule has 1 amide bonds. The Bertz CT molecular complexity index is 1260. The van der Waals surface area contributed by atoms with E-state index in [0.717, 1.165) is 50.1 Å². The van der Waals surface area contributed by atoms with Crippen LogP contribution in [0.1, 0.15) is 67.9 Å². The van der Waals surface area contributed by atoms with E-state index in [1.54, 1.807) is 18.2 Å². The summed E-state index contributed by atoms with van der Waals surface area (Å²) in [5, 5.41) is 13.9. The average molecular weight is 566 g/mol. The molecule has 222 valence electrons. The number of phenolic OH excluding ortho intramolecular Hbond substituents is 1. The number of rotatable bonds is 15. The lowest BCUT2D eigenvalue weighted by Crippen LogP contribution is -2.48. The van der Waals surface area contributed by atoms with Crippen molar-refractivity contribution in [2.75, 3.05) is 47.4 Å². The molecule has 0 aliphatic carbocycles. The fourth-order valence-corrected chi connectivity index (χ4v) is 4.62. The van der Waals surface area contributed by atoms with Gasteiger partial charge in [0.25, 0.3) is 5.91 Å². The molecule has 2 N–H and O–H groups in total. The first-order valence-corrected chi connectivity index (χ1v) is 14.3. The van der Waals surface area contributed by atoms with Crippen LogP contribution < -0.4 is 19.5 Å². The van der Waals surface area contributed by atoms with Gasteiger partial charge < -0.3 is 29.1 Å². The number of carbonyl (C=O) groups is 2. The summed E-state index contributed by atoms with van der Waals surface area (Å²) in [5.74, 6) is 0.990. The van der Waals surface area contributed by atoms with E-state index < -0.39 is 5.60 Å². The Labute approximate surface area is 244 Å². The highest BCUT2D eigenvalue weighted by Crippen LogP contribution is 2.43. The molecule has 0 aromatic heterocycles. The van der Waals surface area contributed by atoms with Gasteiger partial charge >= 0.3 is 0 Å². The number of amides is 1. The molecule has 0 unspecified atom stereocenters. The van der Waals surface area contributed by atoms with Gasteiger partial charge in [0.15, 0.2) is 12.3 Å². The number of allylic oxidation sites excluding steroid dienone is 1. The minimum absolute atomic E-state index is 0.0873. The largest absolute Gasteiger partial charge is 0.506 e. The Balaban J connectivity index is 1.51. The molecule has 0 spiro atoms. The summed E-state index contributed by atoms with van der Waals surface area (Å²) in [4.78, 5) is 25.3. The molecule has 1 heterocycles. The number of fused-ring (bicyclic) bond motifs is 1. The zero-order valence-corrected chi connectivity index (χ0v) is 25.3. The maximum Gasteiger partial charge on any atom is 0.275 e. The molecule has 0 atom stereocenters. The molecule has 0 saturated heterocycles. The van der Waals surface area contributed by atoms with Crippen LogP contribution in [0.25, 0.3) is 12.2 Å². The molecule has 8 heteroatoms. The third kappa shape index (κ3) is 9.39. The second-order valence-electron chi connectivity index (χ2n) is 11.6. The molecular weight excluding hydrogens is 520 g/mol. The normalized spacial score (nSPS) is 13.9. The maximum absolute atomic E-state index is 13.1. The molecule has 2 aromatic carbocycles. The number of phenols is 1. The second kappa shape index (κ2) is 14.2. The van der Waals surface area contributed by atoms with E-state index in [4.69, 9.17) is 14.2 Å². The molecule has 0 radical (unpaired) electrons. The van der Waals surface area contributed by atoms with Crippen LogP contribution in [-0.4, -0.2) is 74.3 Å². The smallest absolute Gasteiger partial charge is 0.275 e. The first kappa shape index (κ1) is 31.7. The number of benzene rings is 2. The number of methoxy groups -OCH3 is 1. The number of nitrogens with zero attached hydrogens (tertiary/aromatic N) is 1. The Morgan fingerprint density at radius 2 is 1.85 bits per heavy atom. The number of hydrogen-bond acceptors (Lipinski definition) is 6. The van der Waals surface area contributed by atoms with Crippen molar-refractivity contribution in [2.24, 2.45) is 0 Å². The number of unbranched alkanes of at least 4 members (excludes halogenated alkanes) is 2. The molecule has 0 saturated carbocycles. The minimum atomic E-state index is -0.521. The molecule has 1 aliphatic rings. The second-order valence-corrected chi connectivity index (χ2v) is 11.6. The standard InChI is InChI=1S/C33H44N2O6/c1-7-8-9-19-34-30(37)23-35(4,5)20-10-21-40-25-14-11-24(12-15-25)13-16-27(36)31-29(39-6)22-28-26(32(31)38)17-18-33(2,3)41-28/h11-18,22H,7-10,19-21,23H2,1-6H3,(H-,34,36,37,38)/p+1/b16-13+. The molecule has 8 nitrogen and oxygen atoms in total. The third-order valence-electron chi connectivity index (χ3n) is 6.91. The number of nitrogens with one attached hydrogen (secondary N) is 1. The Kier molecular flexibility index (Phi) is 11.0. The molecule has 2 aromatic rings. The van der Waals surface area contributed by atoms with Crippen molar-refractivity contribution < 1.29 is 33.4 Å². The van der Waals surface area contributed by atoms with E-state index in [-0.39, 0.29) is 28.8 Å². The number of ether oxygens (including phenoxy) is 3. The van der Waals surface area contributed by atoms with Gasteiger partial charge in [0.2, 0.25) is 0 Å². The predicted molar refractivity (Wildman–Crippen MR) is 163 cm³/mol. The highest BCUT2D eigenvalue weighted by molar-refractivity contribution is 6.11. The highest BCUT2D eigenvalue weighted by atomic mass is 16.5. The fraction of sp³-hybridized carbons (Fsp3) is 0.455. The summed E-state index contributed by atoms with van der Waals surface area (Å²) in [5.41, 5.74) is 0.837. The lowest BCUT2D eigenvalue weighted by molar-refractivity contribution is -0.882. The first-order chi connectivity index (χ1) is 19.4. The van der Waals surface area contributed by atoms with Crippen molar-refractivity contribution >= 4 is 23.8 Å². The molecule has 3 rings (SSSR count). The number of carbonyl (C=O) groups excluding carboxylic acids is 2. The number of likely N-dealkylation sites (N-methyl/N-ethyl adjacent to an activating group) is 1. The van der Waals surface area contributed by atoms with Gasteiger partial charge in [0.05, 0.1) is 39.9 Å². The van der Waals surface area contributed by atoms with Gasteiger partial charge in [-0.05, 0) is 56.2 Å². The summed E-state index contributed by atoms with van der Waals surface area (Å²) in [6, 6.07) is 9.08. The van der Waals surface area contributed by atoms with E-state index in [1.165, 1.54) is 13.2 Å². The maximum atomic E-state index is 13.1. The van der Waals surface area contributed by atoms with Crippen molar-refractivity contribution in [3.8, 4) is 23.0 Å². The van der Waals surface area contributed by atoms with E-state index >= 15 is 0 Å². The van der Waals surface area contributed by atoms with Crippen molar-refractivity contribution in [1.29, 1.82) is 0 Å². The number of hydrogen-bond donors (Lipinski definition) is 2. The molecule has 0 fully saturated rings. The van der Waals surface area contributed by atoms with Crippen LogP contribution in [0.4, 0.5) is 0 Å². The van der Waals surface area contributed by atoms with E-state index in [2.05, 4.69) is 26.3 Å². The summed E-state index contributed by atoms with van der Waals surface area (Å²) in [6.07, 6.45) is 10.8. The van der Waals surface area contributed by atoms with Crippen molar-refractivity contribution in [1.82, 2.24) is 5.32 Å². The SMILES string of the molecule is CCCCCNC(=O)C[N+](C)(C)CCCOc1ccc(/C=C/C(=O)c2c(OC)cc3c(c2O)C=CC(C)(C)O3)cc1. The number of aromatic hydroxyl groups is 1. The lowest BCUT2D eigenvalue weighted by Gasteiger charge is -2.29. The van der Waals surface area contributed by atoms with E-state index in [0.29, 0.717) is 28.9 Å². The zero-order chi connectivity index (χ0) is 30.0. The minimum Gasteiger partial charge on any atom is -0.506 e. The van der Waals surface area contributed by atoms with Crippen LogP contribution in [0, 0.1) is 0 Å². The first-order valence-electron chi connectivity index (χ1n) is 14.3. The average Bonchev–Trinajstić information content (AvgIpc) is 2.91. The Morgan fingerprint density at radius 1 is 1.12 bits per heavy atom. The van der Waals surface area contributed by atoms with Crippen molar-refractivity contribution in [3.63, 3.8) is 0 Å². The topological polar surface area (TPSA) is 94.1 Å². The third-order valence-corrected chi connectivity index (χ3v) is 6.91. The van der Waals surface area contributed by atoms with Crippen LogP contribution >= 0.6 is 0 Å². The van der Waals surface area contributed by atoms with Gasteiger partial charge in [-0.2, -0.15) is 0 Å². The van der Waals surface area contributed by atoms with Crippen molar-refractivity contribution in [3.05, 3.63) is 59.2 Å². The van der Waals surface area contributed by atoms with Crippen LogP contribution in [0.15, 0.2) is 42.5 Å². The summed E-state index contributed by atoms with van der Waals surface area (Å²) >= 11 is 0. The van der Waals surface area contributed by atoms with Gasteiger partial charge in [-0.25, -0.2) is 0 Å². The zero-order valence-electron chi connectivity index (χ0n) is 25.3. The monoisotopic (exact) mass is 565 g/mol. The van der Waals surface area contributed by atoms with E-state index in [1.807, 2.05) is 44.2 Å². The summed E-state index contributed by atoms with van der Waals surface area (Å²) in [6.45, 7) is 8.52. The molecular formula is C33H45N2O6+. The van der Waals surface area contributed by atoms with Gasteiger partial charge in [0, 0.05) is 19.0 Å². The van der Waals surface area contributed by atoms with Gasteiger partial charge in [-0.15, -0.1) is 0 Å². The van der Waals surface area contributed by atoms with Crippen molar-refractivity contribution in [2.45, 2.75) is 52.1 Å². The lowest BCUT2D eigenvalue weighted by atomic mass is 9.97. The molecule has 1 aliphatic heterocycles. The predicted octanol–water partition coefficient (Wildman–Crippen LogP) is 5.63. The van der Waals surface area contributed by atoms with Crippen LogP contribution in [-0.2, 0) is 4.79 Å². The summed E-state index contributed by atoms with van der Waals surface area (Å²) in [7, 11) is 5.56. The number of quaternary nitrogens is 1. The quantitative estimate of drug-likeness (QED) is 0.126.